The van der Waals surface area contributed by atoms with Crippen LogP contribution in [-0.4, -0.2) is 34.8 Å². The van der Waals surface area contributed by atoms with Crippen molar-refractivity contribution >= 4 is 11.6 Å². The average Bonchev–Trinajstić information content (AvgIpc) is 2.93. The number of rotatable bonds is 5. The smallest absolute Gasteiger partial charge is 0.254 e. The number of benzene rings is 1. The zero-order valence-electron chi connectivity index (χ0n) is 17.0. The van der Waals surface area contributed by atoms with E-state index in [1.54, 1.807) is 13.8 Å². The van der Waals surface area contributed by atoms with Crippen LogP contribution in [0.1, 0.15) is 37.9 Å². The van der Waals surface area contributed by atoms with Crippen LogP contribution in [-0.2, 0) is 16.1 Å². The summed E-state index contributed by atoms with van der Waals surface area (Å²) >= 11 is 0. The molecule has 1 fully saturated rings. The third kappa shape index (κ3) is 3.87. The van der Waals surface area contributed by atoms with Crippen LogP contribution in [0.3, 0.4) is 0 Å². The van der Waals surface area contributed by atoms with Gasteiger partial charge in [0.25, 0.3) is 5.91 Å². The maximum Gasteiger partial charge on any atom is 0.254 e. The van der Waals surface area contributed by atoms with Crippen LogP contribution >= 0.6 is 0 Å². The molecule has 1 aromatic carbocycles. The molecule has 2 aromatic rings. The topological polar surface area (TPSA) is 80.7 Å². The standard InChI is InChI=1S/C21H23F3N2O4/c1-10-16(12-5-6-13(22)17(24)18(12)29-4)19(30-21(10,2)3)20(28)26-11-7-14(23)15(9-27)25-8-11/h5-8,10,16,19,27H,9H2,1-4H3,(H,26,28)/t10-,16-,19+/m0/s1. The first kappa shape index (κ1) is 22.0. The number of methoxy groups -OCH3 is 1. The van der Waals surface area contributed by atoms with Gasteiger partial charge in [-0.2, -0.15) is 4.39 Å². The van der Waals surface area contributed by atoms with E-state index < -0.39 is 47.6 Å². The van der Waals surface area contributed by atoms with Gasteiger partial charge in [-0.1, -0.05) is 13.0 Å². The van der Waals surface area contributed by atoms with Gasteiger partial charge in [0, 0.05) is 17.5 Å². The van der Waals surface area contributed by atoms with Crippen molar-refractivity contribution in [1.82, 2.24) is 4.98 Å². The van der Waals surface area contributed by atoms with Crippen molar-refractivity contribution in [1.29, 1.82) is 0 Å². The highest BCUT2D eigenvalue weighted by Gasteiger charge is 2.51. The molecule has 0 unspecified atom stereocenters. The molecule has 9 heteroatoms. The van der Waals surface area contributed by atoms with Gasteiger partial charge in [-0.05, 0) is 25.8 Å². The quantitative estimate of drug-likeness (QED) is 0.768. The SMILES string of the molecule is COc1c([C@H]2[C@H](C(=O)Nc3cnc(CO)c(F)c3)OC(C)(C)[C@H]2C)ccc(F)c1F. The lowest BCUT2D eigenvalue weighted by Crippen LogP contribution is -2.33. The predicted molar refractivity (Wildman–Crippen MR) is 103 cm³/mol. The first-order valence-corrected chi connectivity index (χ1v) is 9.36. The molecular weight excluding hydrogens is 401 g/mol. The number of halogens is 3. The molecule has 30 heavy (non-hydrogen) atoms. The van der Waals surface area contributed by atoms with Gasteiger partial charge in [0.1, 0.15) is 17.6 Å². The summed E-state index contributed by atoms with van der Waals surface area (Å²) in [6.45, 7) is 4.86. The number of aliphatic hydroxyl groups is 1. The number of pyridine rings is 1. The Labute approximate surface area is 172 Å². The Bertz CT molecular complexity index is 968. The lowest BCUT2D eigenvalue weighted by atomic mass is 9.78. The Morgan fingerprint density at radius 1 is 1.30 bits per heavy atom. The number of hydrogen-bond acceptors (Lipinski definition) is 5. The lowest BCUT2D eigenvalue weighted by molar-refractivity contribution is -0.131. The number of nitrogens with one attached hydrogen (secondary N) is 1. The maximum atomic E-state index is 14.3. The number of aliphatic hydroxyl groups excluding tert-OH is 1. The van der Waals surface area contributed by atoms with E-state index in [9.17, 15) is 18.0 Å². The van der Waals surface area contributed by atoms with Crippen LogP contribution in [0.4, 0.5) is 18.9 Å². The van der Waals surface area contributed by atoms with Crippen molar-refractivity contribution in [3.05, 3.63) is 53.1 Å². The minimum absolute atomic E-state index is 0.0756. The summed E-state index contributed by atoms with van der Waals surface area (Å²) in [5.41, 5.74) is -0.530. The normalized spacial score (nSPS) is 22.7. The molecule has 1 aliphatic rings. The molecule has 1 aromatic heterocycles. The zero-order chi connectivity index (χ0) is 22.2. The number of amides is 1. The van der Waals surface area contributed by atoms with Gasteiger partial charge in [-0.25, -0.2) is 8.78 Å². The summed E-state index contributed by atoms with van der Waals surface area (Å²) in [6.07, 6.45) is 0.137. The molecule has 6 nitrogen and oxygen atoms in total. The van der Waals surface area contributed by atoms with Crippen LogP contribution in [0.25, 0.3) is 0 Å². The number of hydrogen-bond donors (Lipinski definition) is 2. The van der Waals surface area contributed by atoms with Gasteiger partial charge in [-0.15, -0.1) is 0 Å². The van der Waals surface area contributed by atoms with Crippen molar-refractivity contribution in [2.75, 3.05) is 12.4 Å². The summed E-state index contributed by atoms with van der Waals surface area (Å²) in [5.74, 6) is -4.77. The first-order valence-electron chi connectivity index (χ1n) is 9.36. The predicted octanol–water partition coefficient (Wildman–Crippen LogP) is 3.54. The van der Waals surface area contributed by atoms with Crippen molar-refractivity contribution in [2.45, 2.75) is 45.0 Å². The van der Waals surface area contributed by atoms with Gasteiger partial charge in [0.2, 0.25) is 5.82 Å². The molecule has 0 saturated carbocycles. The number of anilines is 1. The van der Waals surface area contributed by atoms with E-state index >= 15 is 0 Å². The monoisotopic (exact) mass is 424 g/mol. The van der Waals surface area contributed by atoms with Gasteiger partial charge in [0.05, 0.1) is 31.2 Å². The molecule has 0 radical (unpaired) electrons. The van der Waals surface area contributed by atoms with E-state index in [2.05, 4.69) is 10.3 Å². The summed E-state index contributed by atoms with van der Waals surface area (Å²) in [5, 5.41) is 11.6. The van der Waals surface area contributed by atoms with E-state index in [0.29, 0.717) is 5.56 Å². The van der Waals surface area contributed by atoms with Crippen LogP contribution in [0.5, 0.6) is 5.75 Å². The minimum atomic E-state index is -1.14. The van der Waals surface area contributed by atoms with E-state index in [1.165, 1.54) is 19.4 Å². The van der Waals surface area contributed by atoms with Crippen LogP contribution in [0.15, 0.2) is 24.4 Å². The summed E-state index contributed by atoms with van der Waals surface area (Å²) in [7, 11) is 1.22. The van der Waals surface area contributed by atoms with Gasteiger partial charge in [-0.3, -0.25) is 9.78 Å². The second kappa shape index (κ2) is 8.23. The highest BCUT2D eigenvalue weighted by atomic mass is 19.2. The van der Waals surface area contributed by atoms with E-state index in [-0.39, 0.29) is 23.0 Å². The Balaban J connectivity index is 1.97. The molecule has 1 saturated heterocycles. The second-order valence-electron chi connectivity index (χ2n) is 7.74. The van der Waals surface area contributed by atoms with Crippen LogP contribution < -0.4 is 10.1 Å². The number of aromatic nitrogens is 1. The van der Waals surface area contributed by atoms with Crippen LogP contribution in [0, 0.1) is 23.4 Å². The number of carbonyl (C=O) groups excluding carboxylic acids is 1. The molecular formula is C21H23F3N2O4. The van der Waals surface area contributed by atoms with E-state index in [4.69, 9.17) is 14.6 Å². The lowest BCUT2D eigenvalue weighted by Gasteiger charge is -2.25. The summed E-state index contributed by atoms with van der Waals surface area (Å²) in [6, 6.07) is 3.39. The molecule has 0 bridgehead atoms. The highest BCUT2D eigenvalue weighted by molar-refractivity contribution is 5.95. The van der Waals surface area contributed by atoms with E-state index in [0.717, 1.165) is 12.1 Å². The molecule has 2 heterocycles. The highest BCUT2D eigenvalue weighted by Crippen LogP contribution is 2.49. The molecule has 2 N–H and O–H groups in total. The summed E-state index contributed by atoms with van der Waals surface area (Å²) in [4.78, 5) is 16.8. The molecule has 162 valence electrons. The first-order chi connectivity index (χ1) is 14.1. The van der Waals surface area contributed by atoms with Gasteiger partial charge in [0.15, 0.2) is 11.6 Å². The Morgan fingerprint density at radius 2 is 2.00 bits per heavy atom. The van der Waals surface area contributed by atoms with Gasteiger partial charge < -0.3 is 19.9 Å². The number of ether oxygens (including phenoxy) is 2. The second-order valence-corrected chi connectivity index (χ2v) is 7.74. The minimum Gasteiger partial charge on any atom is -0.493 e. The van der Waals surface area contributed by atoms with Gasteiger partial charge >= 0.3 is 0 Å². The maximum absolute atomic E-state index is 14.3. The van der Waals surface area contributed by atoms with Crippen molar-refractivity contribution < 1.29 is 32.5 Å². The van der Waals surface area contributed by atoms with Crippen molar-refractivity contribution in [3.63, 3.8) is 0 Å². The Kier molecular flexibility index (Phi) is 6.05. The van der Waals surface area contributed by atoms with E-state index in [1.807, 2.05) is 6.92 Å². The molecule has 3 atom stereocenters. The fraction of sp³-hybridized carbons (Fsp3) is 0.429. The average molecular weight is 424 g/mol. The van der Waals surface area contributed by atoms with Crippen molar-refractivity contribution in [2.24, 2.45) is 5.92 Å². The number of carbonyl (C=O) groups is 1. The molecule has 0 spiro atoms. The largest absolute Gasteiger partial charge is 0.493 e. The Morgan fingerprint density at radius 3 is 2.60 bits per heavy atom. The third-order valence-electron chi connectivity index (χ3n) is 5.63. The third-order valence-corrected chi connectivity index (χ3v) is 5.63. The summed E-state index contributed by atoms with van der Waals surface area (Å²) < 4.78 is 53.0. The molecule has 1 aliphatic heterocycles. The molecule has 1 amide bonds. The molecule has 0 aliphatic carbocycles. The fourth-order valence-electron chi connectivity index (χ4n) is 3.73. The van der Waals surface area contributed by atoms with Crippen molar-refractivity contribution in [3.8, 4) is 5.75 Å². The number of nitrogens with zero attached hydrogens (tertiary/aromatic N) is 1. The Hall–Kier alpha value is -2.65. The van der Waals surface area contributed by atoms with Crippen LogP contribution in [0.2, 0.25) is 0 Å². The molecule has 3 rings (SSSR count). The fourth-order valence-corrected chi connectivity index (χ4v) is 3.73. The zero-order valence-corrected chi connectivity index (χ0v) is 17.0.